The van der Waals surface area contributed by atoms with Crippen LogP contribution in [0, 0.1) is 0 Å². The predicted octanol–water partition coefficient (Wildman–Crippen LogP) is 3.37. The standard InChI is InChI=1S/C18H18Cl2N2O3S/c1-21-26(24,25)12-15-4-2-14(3-5-15)11-22-18(23)9-7-13-6-8-16(19)17(20)10-13/h2-10,21H,11-12H2,1H3,(H,22,23)/b9-7+. The molecule has 0 bridgehead atoms. The van der Waals surface area contributed by atoms with Crippen molar-refractivity contribution in [2.24, 2.45) is 0 Å². The van der Waals surface area contributed by atoms with Crippen molar-refractivity contribution >= 4 is 45.2 Å². The first-order chi connectivity index (χ1) is 12.3. The minimum atomic E-state index is -3.30. The lowest BCUT2D eigenvalue weighted by molar-refractivity contribution is -0.116. The molecule has 0 fully saturated rings. The normalized spacial score (nSPS) is 11.7. The molecule has 138 valence electrons. The van der Waals surface area contributed by atoms with Crippen LogP contribution in [0.5, 0.6) is 0 Å². The van der Waals surface area contributed by atoms with Crippen LogP contribution >= 0.6 is 23.2 Å². The number of nitrogens with one attached hydrogen (secondary N) is 2. The second-order valence-electron chi connectivity index (χ2n) is 5.50. The van der Waals surface area contributed by atoms with Crippen LogP contribution in [-0.2, 0) is 27.1 Å². The SMILES string of the molecule is CNS(=O)(=O)Cc1ccc(CNC(=O)/C=C/c2ccc(Cl)c(Cl)c2)cc1. The number of hydrogen-bond donors (Lipinski definition) is 2. The van der Waals surface area contributed by atoms with E-state index in [-0.39, 0.29) is 11.7 Å². The molecule has 0 aliphatic carbocycles. The maximum atomic E-state index is 11.9. The van der Waals surface area contributed by atoms with Gasteiger partial charge in [-0.05, 0) is 41.9 Å². The highest BCUT2D eigenvalue weighted by Crippen LogP contribution is 2.23. The summed E-state index contributed by atoms with van der Waals surface area (Å²) in [6.45, 7) is 0.337. The number of amides is 1. The van der Waals surface area contributed by atoms with E-state index in [0.29, 0.717) is 22.2 Å². The molecule has 0 unspecified atom stereocenters. The molecule has 0 aliphatic heterocycles. The molecule has 26 heavy (non-hydrogen) atoms. The summed E-state index contributed by atoms with van der Waals surface area (Å²) in [6, 6.07) is 12.1. The van der Waals surface area contributed by atoms with Crippen LogP contribution in [0.15, 0.2) is 48.5 Å². The second kappa shape index (κ2) is 9.19. The number of sulfonamides is 1. The number of rotatable bonds is 7. The Kier molecular flexibility index (Phi) is 7.23. The van der Waals surface area contributed by atoms with Gasteiger partial charge in [0.15, 0.2) is 0 Å². The fraction of sp³-hybridized carbons (Fsp3) is 0.167. The molecule has 0 saturated heterocycles. The summed E-state index contributed by atoms with van der Waals surface area (Å²) < 4.78 is 25.3. The van der Waals surface area contributed by atoms with Crippen LogP contribution in [-0.4, -0.2) is 21.4 Å². The third-order valence-corrected chi connectivity index (χ3v) is 5.60. The van der Waals surface area contributed by atoms with Crippen molar-refractivity contribution in [3.63, 3.8) is 0 Å². The summed E-state index contributed by atoms with van der Waals surface area (Å²) in [5, 5.41) is 3.64. The summed E-state index contributed by atoms with van der Waals surface area (Å²) in [7, 11) is -1.92. The highest BCUT2D eigenvalue weighted by atomic mass is 35.5. The number of halogens is 2. The molecular formula is C18H18Cl2N2O3S. The van der Waals surface area contributed by atoms with Crippen molar-refractivity contribution in [2.45, 2.75) is 12.3 Å². The van der Waals surface area contributed by atoms with Gasteiger partial charge in [-0.25, -0.2) is 13.1 Å². The number of carbonyl (C=O) groups is 1. The van der Waals surface area contributed by atoms with Gasteiger partial charge in [-0.3, -0.25) is 4.79 Å². The van der Waals surface area contributed by atoms with Gasteiger partial charge in [0.25, 0.3) is 0 Å². The molecule has 2 N–H and O–H groups in total. The Morgan fingerprint density at radius 1 is 1.04 bits per heavy atom. The Labute approximate surface area is 163 Å². The third-order valence-electron chi connectivity index (χ3n) is 3.53. The third kappa shape index (κ3) is 6.46. The lowest BCUT2D eigenvalue weighted by Gasteiger charge is -2.06. The van der Waals surface area contributed by atoms with Crippen molar-refractivity contribution in [3.05, 3.63) is 75.3 Å². The fourth-order valence-electron chi connectivity index (χ4n) is 2.08. The van der Waals surface area contributed by atoms with Gasteiger partial charge in [0.05, 0.1) is 15.8 Å². The molecule has 0 atom stereocenters. The molecule has 0 aliphatic rings. The van der Waals surface area contributed by atoms with E-state index in [1.54, 1.807) is 48.5 Å². The van der Waals surface area contributed by atoms with Crippen molar-refractivity contribution in [2.75, 3.05) is 7.05 Å². The van der Waals surface area contributed by atoms with E-state index in [4.69, 9.17) is 23.2 Å². The second-order valence-corrected chi connectivity index (χ2v) is 8.25. The van der Waals surface area contributed by atoms with Gasteiger partial charge in [0.2, 0.25) is 15.9 Å². The Bertz CT molecular complexity index is 911. The lowest BCUT2D eigenvalue weighted by atomic mass is 10.1. The molecule has 2 rings (SSSR count). The highest BCUT2D eigenvalue weighted by Gasteiger charge is 2.08. The molecule has 1 amide bonds. The molecule has 2 aromatic carbocycles. The lowest BCUT2D eigenvalue weighted by Crippen LogP contribution is -2.21. The molecule has 0 saturated carbocycles. The average molecular weight is 413 g/mol. The van der Waals surface area contributed by atoms with Crippen LogP contribution in [0.2, 0.25) is 10.0 Å². The van der Waals surface area contributed by atoms with Crippen molar-refractivity contribution in [3.8, 4) is 0 Å². The molecule has 5 nitrogen and oxygen atoms in total. The van der Waals surface area contributed by atoms with Gasteiger partial charge in [0, 0.05) is 12.6 Å². The van der Waals surface area contributed by atoms with Crippen LogP contribution in [0.25, 0.3) is 6.08 Å². The fourth-order valence-corrected chi connectivity index (χ4v) is 3.16. The maximum absolute atomic E-state index is 11.9. The van der Waals surface area contributed by atoms with Crippen LogP contribution in [0.3, 0.4) is 0 Å². The monoisotopic (exact) mass is 412 g/mol. The minimum Gasteiger partial charge on any atom is -0.348 e. The molecule has 2 aromatic rings. The summed E-state index contributed by atoms with van der Waals surface area (Å²) in [5.74, 6) is -0.333. The summed E-state index contributed by atoms with van der Waals surface area (Å²) >= 11 is 11.8. The van der Waals surface area contributed by atoms with E-state index in [9.17, 15) is 13.2 Å². The molecule has 8 heteroatoms. The van der Waals surface area contributed by atoms with E-state index < -0.39 is 10.0 Å². The molecule has 0 radical (unpaired) electrons. The molecular weight excluding hydrogens is 395 g/mol. The van der Waals surface area contributed by atoms with Gasteiger partial charge in [-0.1, -0.05) is 53.5 Å². The number of carbonyl (C=O) groups excluding carboxylic acids is 1. The highest BCUT2D eigenvalue weighted by molar-refractivity contribution is 7.88. The average Bonchev–Trinajstić information content (AvgIpc) is 2.62. The zero-order valence-corrected chi connectivity index (χ0v) is 16.3. The van der Waals surface area contributed by atoms with Crippen LogP contribution in [0.4, 0.5) is 0 Å². The van der Waals surface area contributed by atoms with Gasteiger partial charge in [0.1, 0.15) is 0 Å². The van der Waals surface area contributed by atoms with Crippen LogP contribution < -0.4 is 10.0 Å². The number of benzene rings is 2. The largest absolute Gasteiger partial charge is 0.348 e. The predicted molar refractivity (Wildman–Crippen MR) is 105 cm³/mol. The van der Waals surface area contributed by atoms with Crippen molar-refractivity contribution < 1.29 is 13.2 Å². The smallest absolute Gasteiger partial charge is 0.244 e. The van der Waals surface area contributed by atoms with E-state index >= 15 is 0 Å². The van der Waals surface area contributed by atoms with Gasteiger partial charge < -0.3 is 5.32 Å². The Morgan fingerprint density at radius 3 is 2.31 bits per heavy atom. The summed E-state index contributed by atoms with van der Waals surface area (Å²) in [5.41, 5.74) is 2.31. The maximum Gasteiger partial charge on any atom is 0.244 e. The van der Waals surface area contributed by atoms with Crippen LogP contribution in [0.1, 0.15) is 16.7 Å². The van der Waals surface area contributed by atoms with E-state index in [0.717, 1.165) is 11.1 Å². The summed E-state index contributed by atoms with van der Waals surface area (Å²) in [4.78, 5) is 11.9. The van der Waals surface area contributed by atoms with Gasteiger partial charge >= 0.3 is 0 Å². The molecule has 0 spiro atoms. The zero-order chi connectivity index (χ0) is 19.2. The molecule has 0 heterocycles. The first-order valence-electron chi connectivity index (χ1n) is 7.69. The quantitative estimate of drug-likeness (QED) is 0.684. The van der Waals surface area contributed by atoms with E-state index in [2.05, 4.69) is 10.0 Å². The Balaban J connectivity index is 1.88. The van der Waals surface area contributed by atoms with E-state index in [1.807, 2.05) is 0 Å². The Morgan fingerprint density at radius 2 is 1.69 bits per heavy atom. The topological polar surface area (TPSA) is 75.3 Å². The molecule has 0 aromatic heterocycles. The summed E-state index contributed by atoms with van der Waals surface area (Å²) in [6.07, 6.45) is 3.05. The van der Waals surface area contributed by atoms with Gasteiger partial charge in [-0.2, -0.15) is 0 Å². The minimum absolute atomic E-state index is 0.0808. The number of hydrogen-bond acceptors (Lipinski definition) is 3. The van der Waals surface area contributed by atoms with Gasteiger partial charge in [-0.15, -0.1) is 0 Å². The zero-order valence-electron chi connectivity index (χ0n) is 14.0. The first kappa shape index (κ1) is 20.5. The first-order valence-corrected chi connectivity index (χ1v) is 10.1. The van der Waals surface area contributed by atoms with Crippen molar-refractivity contribution in [1.82, 2.24) is 10.0 Å². The van der Waals surface area contributed by atoms with E-state index in [1.165, 1.54) is 13.1 Å². The van der Waals surface area contributed by atoms with Crippen molar-refractivity contribution in [1.29, 1.82) is 0 Å². The Hall–Kier alpha value is -1.86.